The molecule has 0 aromatic heterocycles. The summed E-state index contributed by atoms with van der Waals surface area (Å²) in [6.45, 7) is 11.9. The van der Waals surface area contributed by atoms with Crippen LogP contribution in [0, 0.1) is 10.8 Å². The summed E-state index contributed by atoms with van der Waals surface area (Å²) in [4.78, 5) is 67.9. The second kappa shape index (κ2) is 18.8. The number of rotatable bonds is 19. The number of hydrogen-bond donors (Lipinski definition) is 5. The molecule has 1 heterocycles. The molecule has 6 N–H and O–H groups in total. The minimum absolute atomic E-state index is 0.108. The number of carbonyl (C=O) groups is 5. The zero-order valence-electron chi connectivity index (χ0n) is 25.4. The topological polar surface area (TPSA) is 204 Å². The number of carboxylic acids is 2. The van der Waals surface area contributed by atoms with Crippen LogP contribution in [0.2, 0.25) is 0 Å². The van der Waals surface area contributed by atoms with E-state index in [-0.39, 0.29) is 55.1 Å². The van der Waals surface area contributed by atoms with Gasteiger partial charge in [0.05, 0.1) is 32.8 Å². The third kappa shape index (κ3) is 17.3. The maximum Gasteiger partial charge on any atom is 0.317 e. The summed E-state index contributed by atoms with van der Waals surface area (Å²) >= 11 is 0. The van der Waals surface area contributed by atoms with Gasteiger partial charge in [-0.15, -0.1) is 0 Å². The Morgan fingerprint density at radius 1 is 0.786 bits per heavy atom. The molecule has 242 valence electrons. The molecule has 1 rings (SSSR count). The van der Waals surface area contributed by atoms with Crippen LogP contribution in [0.15, 0.2) is 0 Å². The molecule has 0 saturated carbocycles. The largest absolute Gasteiger partial charge is 0.480 e. The minimum atomic E-state index is -0.955. The fourth-order valence-electron chi connectivity index (χ4n) is 4.21. The predicted molar refractivity (Wildman–Crippen MR) is 153 cm³/mol. The summed E-state index contributed by atoms with van der Waals surface area (Å²) in [7, 11) is 0. The number of carbonyl (C=O) groups excluding carboxylic acids is 3. The van der Waals surface area contributed by atoms with E-state index in [1.54, 1.807) is 9.80 Å². The predicted octanol–water partition coefficient (Wildman–Crippen LogP) is -1.39. The Bertz CT molecular complexity index is 858. The zero-order chi connectivity index (χ0) is 31.8. The van der Waals surface area contributed by atoms with Crippen LogP contribution in [0.3, 0.4) is 0 Å². The van der Waals surface area contributed by atoms with Crippen LogP contribution < -0.4 is 16.5 Å². The van der Waals surface area contributed by atoms with Crippen LogP contribution in [-0.2, 0) is 33.5 Å². The molecule has 2 amide bonds. The molecule has 0 aromatic rings. The Morgan fingerprint density at radius 2 is 1.19 bits per heavy atom. The molecule has 1 aliphatic heterocycles. The molecule has 1 fully saturated rings. The van der Waals surface area contributed by atoms with E-state index in [1.165, 1.54) is 0 Å². The number of carboxylic acid groups (broad SMARTS) is 2. The van der Waals surface area contributed by atoms with Crippen LogP contribution in [-0.4, -0.2) is 146 Å². The highest BCUT2D eigenvalue weighted by Crippen LogP contribution is 2.19. The SMILES string of the molecule is CC(C)(CNC(=O)CCC(C=O)ON)COCC(C)(C)CNC(=O)CN1CCN(CC(=O)O)CCN(CC(=O)O)CC1. The van der Waals surface area contributed by atoms with Crippen molar-refractivity contribution < 1.29 is 43.8 Å². The molecule has 1 saturated heterocycles. The molecule has 0 aromatic carbocycles. The highest BCUT2D eigenvalue weighted by Gasteiger charge is 2.25. The lowest BCUT2D eigenvalue weighted by Crippen LogP contribution is -2.45. The van der Waals surface area contributed by atoms with E-state index < -0.39 is 18.0 Å². The van der Waals surface area contributed by atoms with E-state index in [0.717, 1.165) is 0 Å². The zero-order valence-corrected chi connectivity index (χ0v) is 25.4. The van der Waals surface area contributed by atoms with Crippen molar-refractivity contribution >= 4 is 30.0 Å². The molecule has 1 aliphatic rings. The van der Waals surface area contributed by atoms with Crippen LogP contribution in [0.1, 0.15) is 40.5 Å². The van der Waals surface area contributed by atoms with Crippen LogP contribution in [0.5, 0.6) is 0 Å². The Morgan fingerprint density at radius 3 is 1.57 bits per heavy atom. The quantitative estimate of drug-likeness (QED) is 0.0855. The maximum atomic E-state index is 12.8. The molecule has 0 spiro atoms. The van der Waals surface area contributed by atoms with Crippen molar-refractivity contribution in [1.29, 1.82) is 0 Å². The van der Waals surface area contributed by atoms with Crippen molar-refractivity contribution in [2.24, 2.45) is 16.7 Å². The molecule has 15 heteroatoms. The number of ether oxygens (including phenoxy) is 1. The van der Waals surface area contributed by atoms with E-state index in [0.29, 0.717) is 71.9 Å². The Kier molecular flexibility index (Phi) is 16.7. The van der Waals surface area contributed by atoms with Gasteiger partial charge < -0.3 is 30.4 Å². The lowest BCUT2D eigenvalue weighted by Gasteiger charge is -2.30. The number of amides is 2. The lowest BCUT2D eigenvalue weighted by molar-refractivity contribution is -0.140. The van der Waals surface area contributed by atoms with Crippen LogP contribution >= 0.6 is 0 Å². The van der Waals surface area contributed by atoms with E-state index in [1.807, 2.05) is 32.6 Å². The van der Waals surface area contributed by atoms with Gasteiger partial charge in [-0.25, -0.2) is 5.90 Å². The number of aliphatic carboxylic acids is 2. The molecule has 15 nitrogen and oxygen atoms in total. The summed E-state index contributed by atoms with van der Waals surface area (Å²) in [5, 5.41) is 24.2. The summed E-state index contributed by atoms with van der Waals surface area (Å²) in [5.74, 6) is 2.69. The minimum Gasteiger partial charge on any atom is -0.480 e. The highest BCUT2D eigenvalue weighted by molar-refractivity contribution is 5.78. The average Bonchev–Trinajstić information content (AvgIpc) is 2.98. The molecular weight excluding hydrogens is 552 g/mol. The average molecular weight is 603 g/mol. The molecule has 0 bridgehead atoms. The first-order valence-corrected chi connectivity index (χ1v) is 14.2. The van der Waals surface area contributed by atoms with Crippen molar-refractivity contribution in [2.45, 2.75) is 46.6 Å². The molecule has 0 radical (unpaired) electrons. The lowest BCUT2D eigenvalue weighted by atomic mass is 9.93. The monoisotopic (exact) mass is 602 g/mol. The fraction of sp³-hybridized carbons (Fsp3) is 0.815. The van der Waals surface area contributed by atoms with Gasteiger partial charge in [0.2, 0.25) is 11.8 Å². The van der Waals surface area contributed by atoms with E-state index in [2.05, 4.69) is 15.5 Å². The van der Waals surface area contributed by atoms with Crippen LogP contribution in [0.4, 0.5) is 0 Å². The first-order chi connectivity index (χ1) is 19.6. The summed E-state index contributed by atoms with van der Waals surface area (Å²) in [5.41, 5.74) is -0.720. The van der Waals surface area contributed by atoms with E-state index >= 15 is 0 Å². The normalized spacial score (nSPS) is 17.0. The summed E-state index contributed by atoms with van der Waals surface area (Å²) < 4.78 is 5.94. The second-order valence-corrected chi connectivity index (χ2v) is 12.3. The van der Waals surface area contributed by atoms with E-state index in [9.17, 15) is 34.2 Å². The first kappa shape index (κ1) is 37.3. The molecule has 1 unspecified atom stereocenters. The van der Waals surface area contributed by atoms with Crippen molar-refractivity contribution in [3.8, 4) is 0 Å². The third-order valence-electron chi connectivity index (χ3n) is 6.78. The number of aldehydes is 1. The van der Waals surface area contributed by atoms with E-state index in [4.69, 9.17) is 10.6 Å². The highest BCUT2D eigenvalue weighted by atomic mass is 16.6. The van der Waals surface area contributed by atoms with Gasteiger partial charge in [-0.1, -0.05) is 27.7 Å². The molecule has 0 aliphatic carbocycles. The van der Waals surface area contributed by atoms with Crippen molar-refractivity contribution in [1.82, 2.24) is 25.3 Å². The Labute approximate surface area is 248 Å². The van der Waals surface area contributed by atoms with Crippen LogP contribution in [0.25, 0.3) is 0 Å². The van der Waals surface area contributed by atoms with Crippen molar-refractivity contribution in [3.63, 3.8) is 0 Å². The smallest absolute Gasteiger partial charge is 0.317 e. The van der Waals surface area contributed by atoms with Gasteiger partial charge in [0, 0.05) is 69.6 Å². The van der Waals surface area contributed by atoms with Crippen molar-refractivity contribution in [3.05, 3.63) is 0 Å². The Balaban J connectivity index is 2.49. The summed E-state index contributed by atoms with van der Waals surface area (Å²) in [6, 6.07) is 0. The van der Waals surface area contributed by atoms with Gasteiger partial charge in [-0.05, 0) is 6.42 Å². The van der Waals surface area contributed by atoms with Gasteiger partial charge in [-0.3, -0.25) is 38.7 Å². The van der Waals surface area contributed by atoms with Gasteiger partial charge in [0.25, 0.3) is 0 Å². The Hall–Kier alpha value is -2.69. The number of nitrogens with one attached hydrogen (secondary N) is 2. The summed E-state index contributed by atoms with van der Waals surface area (Å²) in [6.07, 6.45) is 0.0633. The van der Waals surface area contributed by atoms with Gasteiger partial charge in [0.1, 0.15) is 6.10 Å². The van der Waals surface area contributed by atoms with Crippen molar-refractivity contribution in [2.75, 3.05) is 85.2 Å². The molecule has 42 heavy (non-hydrogen) atoms. The standard InChI is InChI=1S/C27H50N6O9/c1-26(2,17-29-22(35)6-5-21(16-34)42-28)19-41-20-27(3,4)18-30-23(36)13-31-7-9-32(14-24(37)38)11-12-33(10-8-31)15-25(39)40/h16,21H,5-15,17-20,28H2,1-4H3,(H,29,35)(H,30,36)(H,37,38)(H,39,40). The fourth-order valence-corrected chi connectivity index (χ4v) is 4.21. The molecule has 1 atom stereocenters. The van der Waals surface area contributed by atoms with Gasteiger partial charge in [-0.2, -0.15) is 0 Å². The maximum absolute atomic E-state index is 12.8. The number of nitrogens with zero attached hydrogens (tertiary/aromatic N) is 3. The van der Waals surface area contributed by atoms with Gasteiger partial charge in [0.15, 0.2) is 6.29 Å². The first-order valence-electron chi connectivity index (χ1n) is 14.2. The second-order valence-electron chi connectivity index (χ2n) is 12.3. The number of nitrogens with two attached hydrogens (primary N) is 1. The molecular formula is C27H50N6O9. The van der Waals surface area contributed by atoms with Gasteiger partial charge >= 0.3 is 11.9 Å². The third-order valence-corrected chi connectivity index (χ3v) is 6.78. The number of hydrogen-bond acceptors (Lipinski definition) is 11.